The van der Waals surface area contributed by atoms with Gasteiger partial charge in [0.05, 0.1) is 11.3 Å². The molecule has 0 aliphatic rings. The van der Waals surface area contributed by atoms with Gasteiger partial charge in [-0.15, -0.1) is 34.9 Å². The van der Waals surface area contributed by atoms with Gasteiger partial charge in [0.2, 0.25) is 0 Å². The maximum Gasteiger partial charge on any atom is 0.155 e. The first-order valence-corrected chi connectivity index (χ1v) is 9.57. The minimum Gasteiger partial charge on any atom is -0.512 e. The zero-order chi connectivity index (χ0) is 20.7. The van der Waals surface area contributed by atoms with E-state index in [1.807, 2.05) is 0 Å². The Kier molecular flexibility index (Phi) is 9.94. The molecule has 3 rings (SSSR count). The number of pyridine rings is 1. The third-order valence-corrected chi connectivity index (χ3v) is 4.16. The number of allylic oxidation sites excluding steroid dienone is 2. The number of aromatic nitrogens is 1. The Hall–Kier alpha value is -2.29. The smallest absolute Gasteiger partial charge is 0.155 e. The molecule has 0 saturated heterocycles. The average molecular weight is 567 g/mol. The van der Waals surface area contributed by atoms with Gasteiger partial charge in [-0.3, -0.25) is 9.78 Å². The van der Waals surface area contributed by atoms with E-state index in [-0.39, 0.29) is 31.6 Å². The molecule has 0 atom stereocenters. The van der Waals surface area contributed by atoms with Crippen LogP contribution >= 0.6 is 0 Å². The van der Waals surface area contributed by atoms with Crippen molar-refractivity contribution in [2.24, 2.45) is 0 Å². The summed E-state index contributed by atoms with van der Waals surface area (Å²) in [6.45, 7) is 9.28. The number of hydrogen-bond acceptors (Lipinski definition) is 3. The normalized spacial score (nSPS) is 10.7. The van der Waals surface area contributed by atoms with E-state index in [1.54, 1.807) is 0 Å². The summed E-state index contributed by atoms with van der Waals surface area (Å²) in [5.74, 6) is -0.0625. The molecular weight excluding hydrogens is 538 g/mol. The van der Waals surface area contributed by atoms with Crippen LogP contribution in [0, 0.1) is 19.9 Å². The molecule has 0 aliphatic heterocycles. The molecule has 0 aliphatic carbocycles. The molecule has 0 spiro atoms. The minimum absolute atomic E-state index is 0. The van der Waals surface area contributed by atoms with E-state index in [2.05, 4.69) is 69.3 Å². The van der Waals surface area contributed by atoms with E-state index in [0.29, 0.717) is 0 Å². The summed E-state index contributed by atoms with van der Waals surface area (Å²) in [5, 5.41) is 9.63. The molecule has 1 radical (unpaired) electrons. The van der Waals surface area contributed by atoms with Crippen LogP contribution in [-0.4, -0.2) is 15.9 Å². The predicted octanol–water partition coefficient (Wildman–Crippen LogP) is 6.31. The molecule has 29 heavy (non-hydrogen) atoms. The zero-order valence-corrected chi connectivity index (χ0v) is 20.1. The van der Waals surface area contributed by atoms with Crippen LogP contribution in [0.4, 0.5) is 0 Å². The summed E-state index contributed by atoms with van der Waals surface area (Å²) in [6, 6.07) is 18.4. The van der Waals surface area contributed by atoms with Crippen LogP contribution in [0.5, 0.6) is 0 Å². The first kappa shape index (κ1) is 24.7. The van der Waals surface area contributed by atoms with Crippen molar-refractivity contribution in [3.05, 3.63) is 77.1 Å². The van der Waals surface area contributed by atoms with E-state index >= 15 is 0 Å². The maximum absolute atomic E-state index is 10.0. The van der Waals surface area contributed by atoms with Crippen LogP contribution in [0.2, 0.25) is 0 Å². The fraction of sp³-hybridized carbons (Fsp3) is 0.280. The number of ketones is 1. The van der Waals surface area contributed by atoms with Crippen molar-refractivity contribution < 1.29 is 30.0 Å². The number of nitrogens with zero attached hydrogens (tertiary/aromatic N) is 1. The molecular formula is C25H28IrNO2-. The molecule has 1 aromatic heterocycles. The van der Waals surface area contributed by atoms with Crippen molar-refractivity contribution in [1.82, 2.24) is 4.98 Å². The topological polar surface area (TPSA) is 50.2 Å². The monoisotopic (exact) mass is 567 g/mol. The Morgan fingerprint density at radius 2 is 1.83 bits per heavy atom. The van der Waals surface area contributed by atoms with Crippen LogP contribution < -0.4 is 0 Å². The van der Waals surface area contributed by atoms with Crippen LogP contribution in [-0.2, 0) is 31.3 Å². The van der Waals surface area contributed by atoms with Crippen molar-refractivity contribution >= 4 is 16.7 Å². The zero-order valence-electron chi connectivity index (χ0n) is 17.7. The molecule has 0 amide bonds. The number of para-hydroxylation sites is 1. The van der Waals surface area contributed by atoms with Crippen molar-refractivity contribution in [3.63, 3.8) is 0 Å². The predicted molar refractivity (Wildman–Crippen MR) is 117 cm³/mol. The van der Waals surface area contributed by atoms with Crippen molar-refractivity contribution in [1.29, 1.82) is 0 Å². The minimum atomic E-state index is -0.125. The number of aliphatic hydroxyl groups excluding tert-OH is 1. The Balaban J connectivity index is 0.000000456. The summed E-state index contributed by atoms with van der Waals surface area (Å²) < 4.78 is 0. The van der Waals surface area contributed by atoms with Gasteiger partial charge in [-0.2, -0.15) is 0 Å². The second kappa shape index (κ2) is 11.6. The summed E-state index contributed by atoms with van der Waals surface area (Å²) in [4.78, 5) is 14.9. The van der Waals surface area contributed by atoms with E-state index in [4.69, 9.17) is 10.1 Å². The standard InChI is InChI=1S/C20H20N.C5H8O2.Ir/c1-4-7-16-13-20(17-11-14(2)10-15(3)12-17)21-19-9-6-5-8-18(16)19;1-4(6)3-5(2)7;/h5-6,8-11,13H,4,7H2,1-3H3;3,6H,1-2H3;/q-1;;/b;4-3-;. The van der Waals surface area contributed by atoms with Crippen LogP contribution in [0.15, 0.2) is 54.3 Å². The van der Waals surface area contributed by atoms with Crippen molar-refractivity contribution in [2.75, 3.05) is 0 Å². The van der Waals surface area contributed by atoms with Crippen LogP contribution in [0.3, 0.4) is 0 Å². The Morgan fingerprint density at radius 3 is 2.38 bits per heavy atom. The molecule has 0 bridgehead atoms. The van der Waals surface area contributed by atoms with E-state index in [1.165, 1.54) is 36.4 Å². The number of aryl methyl sites for hydroxylation is 3. The van der Waals surface area contributed by atoms with E-state index in [9.17, 15) is 4.79 Å². The fourth-order valence-electron chi connectivity index (χ4n) is 3.19. The Labute approximate surface area is 187 Å². The largest absolute Gasteiger partial charge is 0.512 e. The number of benzene rings is 2. The molecule has 3 nitrogen and oxygen atoms in total. The summed E-state index contributed by atoms with van der Waals surface area (Å²) in [5.41, 5.74) is 7.00. The van der Waals surface area contributed by atoms with Gasteiger partial charge >= 0.3 is 0 Å². The van der Waals surface area contributed by atoms with Gasteiger partial charge < -0.3 is 5.11 Å². The number of fused-ring (bicyclic) bond motifs is 1. The molecule has 155 valence electrons. The van der Waals surface area contributed by atoms with Crippen molar-refractivity contribution in [3.8, 4) is 11.3 Å². The Morgan fingerprint density at radius 1 is 1.14 bits per heavy atom. The first-order valence-electron chi connectivity index (χ1n) is 9.57. The molecule has 0 saturated carbocycles. The quantitative estimate of drug-likeness (QED) is 0.229. The Bertz CT molecular complexity index is 985. The van der Waals surface area contributed by atoms with Gasteiger partial charge in [0.1, 0.15) is 0 Å². The third-order valence-electron chi connectivity index (χ3n) is 4.16. The first-order chi connectivity index (χ1) is 13.3. The molecule has 0 fully saturated rings. The number of carbonyl (C=O) groups excluding carboxylic acids is 1. The molecule has 2 aromatic carbocycles. The number of aliphatic hydroxyl groups is 1. The number of rotatable bonds is 4. The van der Waals surface area contributed by atoms with Gasteiger partial charge in [-0.25, -0.2) is 0 Å². The number of carbonyl (C=O) groups is 1. The summed E-state index contributed by atoms with van der Waals surface area (Å²) >= 11 is 0. The average Bonchev–Trinajstić information content (AvgIpc) is 2.60. The molecule has 3 aromatic rings. The summed E-state index contributed by atoms with van der Waals surface area (Å²) in [6.07, 6.45) is 3.39. The maximum atomic E-state index is 10.0. The van der Waals surface area contributed by atoms with E-state index < -0.39 is 0 Å². The number of hydrogen-bond donors (Lipinski definition) is 1. The van der Waals surface area contributed by atoms with Gasteiger partial charge in [0.15, 0.2) is 5.78 Å². The van der Waals surface area contributed by atoms with Gasteiger partial charge in [-0.05, 0) is 37.6 Å². The SMILES string of the molecule is CC(=O)/C=C(/C)O.CCCc1cc(-c2[c-]c(C)cc(C)c2)nc2ccccc12.[Ir]. The molecule has 1 N–H and O–H groups in total. The van der Waals surface area contributed by atoms with Gasteiger partial charge in [0.25, 0.3) is 0 Å². The van der Waals surface area contributed by atoms with E-state index in [0.717, 1.165) is 35.2 Å². The molecule has 1 heterocycles. The van der Waals surface area contributed by atoms with Gasteiger partial charge in [-0.1, -0.05) is 51.5 Å². The fourth-order valence-corrected chi connectivity index (χ4v) is 3.19. The molecule has 4 heteroatoms. The second-order valence-corrected chi connectivity index (χ2v) is 7.08. The van der Waals surface area contributed by atoms with Crippen LogP contribution in [0.1, 0.15) is 43.9 Å². The second-order valence-electron chi connectivity index (χ2n) is 7.08. The molecule has 0 unspecified atom stereocenters. The summed E-state index contributed by atoms with van der Waals surface area (Å²) in [7, 11) is 0. The van der Waals surface area contributed by atoms with Crippen LogP contribution in [0.25, 0.3) is 22.2 Å². The third kappa shape index (κ3) is 7.56. The van der Waals surface area contributed by atoms with Crippen molar-refractivity contribution in [2.45, 2.75) is 47.5 Å². The van der Waals surface area contributed by atoms with Gasteiger partial charge in [0, 0.05) is 31.6 Å².